The van der Waals surface area contributed by atoms with Crippen LogP contribution in [0.2, 0.25) is 5.02 Å². The third kappa shape index (κ3) is 4.16. The molecule has 0 saturated carbocycles. The molecule has 1 aromatic carbocycles. The fraction of sp³-hybridized carbons (Fsp3) is 0.533. The van der Waals surface area contributed by atoms with Crippen LogP contribution in [-0.4, -0.2) is 38.3 Å². The molecule has 23 heavy (non-hydrogen) atoms. The van der Waals surface area contributed by atoms with Gasteiger partial charge in [0.15, 0.2) is 0 Å². The van der Waals surface area contributed by atoms with E-state index in [-0.39, 0.29) is 29.8 Å². The largest absolute Gasteiger partial charge is 0.492 e. The number of hydrogen-bond acceptors (Lipinski definition) is 4. The van der Waals surface area contributed by atoms with E-state index in [0.717, 1.165) is 6.42 Å². The van der Waals surface area contributed by atoms with Gasteiger partial charge >= 0.3 is 0 Å². The van der Waals surface area contributed by atoms with Gasteiger partial charge in [0.25, 0.3) is 0 Å². The van der Waals surface area contributed by atoms with Crippen molar-refractivity contribution in [2.45, 2.75) is 31.1 Å². The Balaban J connectivity index is 2.26. The van der Waals surface area contributed by atoms with Crippen molar-refractivity contribution in [1.82, 2.24) is 4.31 Å². The number of ether oxygens (including phenoxy) is 1. The van der Waals surface area contributed by atoms with Crippen LogP contribution in [0.15, 0.2) is 23.1 Å². The molecule has 0 unspecified atom stereocenters. The van der Waals surface area contributed by atoms with Gasteiger partial charge in [0.1, 0.15) is 10.6 Å². The van der Waals surface area contributed by atoms with Gasteiger partial charge in [0.05, 0.1) is 6.61 Å². The Kier molecular flexibility index (Phi) is 5.89. The van der Waals surface area contributed by atoms with Gasteiger partial charge in [-0.2, -0.15) is 4.31 Å². The number of carbonyl (C=O) groups excluding carboxylic acids is 1. The van der Waals surface area contributed by atoms with Crippen molar-refractivity contribution in [3.63, 3.8) is 0 Å². The van der Waals surface area contributed by atoms with E-state index in [1.165, 1.54) is 10.4 Å². The molecule has 128 valence electrons. The van der Waals surface area contributed by atoms with Crippen molar-refractivity contribution in [1.29, 1.82) is 0 Å². The second-order valence-electron chi connectivity index (χ2n) is 5.52. The summed E-state index contributed by atoms with van der Waals surface area (Å²) in [6.45, 7) is 2.89. The van der Waals surface area contributed by atoms with Crippen LogP contribution in [0.3, 0.4) is 0 Å². The topological polar surface area (TPSA) is 89.7 Å². The monoisotopic (exact) mass is 360 g/mol. The Morgan fingerprint density at radius 1 is 1.39 bits per heavy atom. The molecule has 1 aromatic rings. The van der Waals surface area contributed by atoms with Gasteiger partial charge in [-0.3, -0.25) is 4.79 Å². The average Bonchev–Trinajstić information content (AvgIpc) is 2.53. The summed E-state index contributed by atoms with van der Waals surface area (Å²) in [5, 5.41) is 0.333. The summed E-state index contributed by atoms with van der Waals surface area (Å²) >= 11 is 5.96. The normalized spacial score (nSPS) is 17.1. The van der Waals surface area contributed by atoms with Crippen molar-refractivity contribution >= 4 is 27.5 Å². The van der Waals surface area contributed by atoms with Gasteiger partial charge in [0.2, 0.25) is 15.9 Å². The van der Waals surface area contributed by atoms with Gasteiger partial charge in [0, 0.05) is 24.0 Å². The minimum atomic E-state index is -3.72. The van der Waals surface area contributed by atoms with Crippen molar-refractivity contribution < 1.29 is 17.9 Å². The average molecular weight is 361 g/mol. The van der Waals surface area contributed by atoms with Gasteiger partial charge in [-0.1, -0.05) is 18.5 Å². The molecule has 1 amide bonds. The zero-order valence-corrected chi connectivity index (χ0v) is 14.6. The van der Waals surface area contributed by atoms with E-state index >= 15 is 0 Å². The summed E-state index contributed by atoms with van der Waals surface area (Å²) < 4.78 is 32.6. The molecule has 0 aromatic heterocycles. The first-order valence-electron chi connectivity index (χ1n) is 7.58. The quantitative estimate of drug-likeness (QED) is 0.840. The predicted octanol–water partition coefficient (Wildman–Crippen LogP) is 2.01. The molecule has 1 heterocycles. The van der Waals surface area contributed by atoms with Crippen LogP contribution in [0.25, 0.3) is 0 Å². The molecule has 0 spiro atoms. The summed E-state index contributed by atoms with van der Waals surface area (Å²) in [5.74, 6) is -0.346. The molecule has 0 radical (unpaired) electrons. The molecule has 1 saturated heterocycles. The first-order chi connectivity index (χ1) is 10.9. The molecule has 1 aliphatic rings. The van der Waals surface area contributed by atoms with E-state index < -0.39 is 10.0 Å². The molecular formula is C15H21ClN2O4S. The zero-order valence-electron chi connectivity index (χ0n) is 13.0. The summed E-state index contributed by atoms with van der Waals surface area (Å²) in [4.78, 5) is 11.3. The number of amides is 1. The van der Waals surface area contributed by atoms with Gasteiger partial charge in [-0.15, -0.1) is 0 Å². The second-order valence-corrected chi connectivity index (χ2v) is 7.86. The van der Waals surface area contributed by atoms with Crippen LogP contribution in [0.1, 0.15) is 26.2 Å². The highest BCUT2D eigenvalue weighted by atomic mass is 35.5. The smallest absolute Gasteiger partial charge is 0.246 e. The highest BCUT2D eigenvalue weighted by Crippen LogP contribution is 2.32. The predicted molar refractivity (Wildman–Crippen MR) is 87.9 cm³/mol. The van der Waals surface area contributed by atoms with Crippen molar-refractivity contribution in [3.05, 3.63) is 23.2 Å². The highest BCUT2D eigenvalue weighted by Gasteiger charge is 2.33. The lowest BCUT2D eigenvalue weighted by Crippen LogP contribution is -2.41. The van der Waals surface area contributed by atoms with E-state index in [1.54, 1.807) is 12.1 Å². The first kappa shape index (κ1) is 18.0. The number of primary amides is 1. The summed E-state index contributed by atoms with van der Waals surface area (Å²) in [7, 11) is -3.72. The van der Waals surface area contributed by atoms with Crippen molar-refractivity contribution in [2.75, 3.05) is 19.7 Å². The van der Waals surface area contributed by atoms with E-state index in [4.69, 9.17) is 22.1 Å². The third-order valence-corrected chi connectivity index (χ3v) is 6.00. The highest BCUT2D eigenvalue weighted by molar-refractivity contribution is 7.89. The fourth-order valence-corrected chi connectivity index (χ4v) is 4.40. The van der Waals surface area contributed by atoms with E-state index in [0.29, 0.717) is 30.2 Å². The molecule has 0 aliphatic carbocycles. The fourth-order valence-electron chi connectivity index (χ4n) is 2.53. The maximum absolute atomic E-state index is 12.9. The number of nitrogens with zero attached hydrogens (tertiary/aromatic N) is 1. The Hall–Kier alpha value is -1.31. The number of rotatable bonds is 6. The number of hydrogen-bond donors (Lipinski definition) is 1. The number of sulfonamides is 1. The minimum absolute atomic E-state index is 0.0657. The number of halogens is 1. The molecule has 2 rings (SSSR count). The minimum Gasteiger partial charge on any atom is -0.492 e. The lowest BCUT2D eigenvalue weighted by molar-refractivity contribution is -0.122. The zero-order chi connectivity index (χ0) is 17.0. The first-order valence-corrected chi connectivity index (χ1v) is 9.40. The van der Waals surface area contributed by atoms with Gasteiger partial charge in [-0.25, -0.2) is 8.42 Å². The molecule has 1 aliphatic heterocycles. The van der Waals surface area contributed by atoms with Crippen molar-refractivity contribution in [2.24, 2.45) is 11.7 Å². The molecule has 8 heteroatoms. The lowest BCUT2D eigenvalue weighted by atomic mass is 9.98. The Morgan fingerprint density at radius 2 is 2.04 bits per heavy atom. The van der Waals surface area contributed by atoms with Gasteiger partial charge < -0.3 is 10.5 Å². The van der Waals surface area contributed by atoms with Gasteiger partial charge in [-0.05, 0) is 37.5 Å². The second kappa shape index (κ2) is 7.51. The van der Waals surface area contributed by atoms with Crippen LogP contribution in [0.5, 0.6) is 5.75 Å². The van der Waals surface area contributed by atoms with Crippen molar-refractivity contribution in [3.8, 4) is 5.75 Å². The molecule has 0 atom stereocenters. The molecular weight excluding hydrogens is 340 g/mol. The van der Waals surface area contributed by atoms with Crippen LogP contribution in [0.4, 0.5) is 0 Å². The van der Waals surface area contributed by atoms with E-state index in [1.807, 2.05) is 6.92 Å². The summed E-state index contributed by atoms with van der Waals surface area (Å²) in [5.41, 5.74) is 5.29. The Morgan fingerprint density at radius 3 is 2.61 bits per heavy atom. The van der Waals surface area contributed by atoms with Crippen LogP contribution < -0.4 is 10.5 Å². The maximum atomic E-state index is 12.9. The van der Waals surface area contributed by atoms with Crippen LogP contribution in [0, 0.1) is 5.92 Å². The third-order valence-electron chi connectivity index (χ3n) is 3.84. The molecule has 2 N–H and O–H groups in total. The van der Waals surface area contributed by atoms with Crippen LogP contribution in [-0.2, 0) is 14.8 Å². The van der Waals surface area contributed by atoms with E-state index in [2.05, 4.69) is 0 Å². The molecule has 0 bridgehead atoms. The number of nitrogens with two attached hydrogens (primary N) is 1. The SMILES string of the molecule is CCCOc1ccc(Cl)cc1S(=O)(=O)N1CCC(C(N)=O)CC1. The van der Waals surface area contributed by atoms with Crippen LogP contribution >= 0.6 is 11.6 Å². The molecule has 6 nitrogen and oxygen atoms in total. The number of carbonyl (C=O) groups is 1. The lowest BCUT2D eigenvalue weighted by Gasteiger charge is -2.30. The summed E-state index contributed by atoms with van der Waals surface area (Å²) in [6.07, 6.45) is 1.63. The maximum Gasteiger partial charge on any atom is 0.246 e. The Labute approximate surface area is 141 Å². The Bertz CT molecular complexity index is 670. The summed E-state index contributed by atoms with van der Waals surface area (Å²) in [6, 6.07) is 4.58. The number of benzene rings is 1. The number of piperidine rings is 1. The molecule has 1 fully saturated rings. The van der Waals surface area contributed by atoms with E-state index in [9.17, 15) is 13.2 Å². The standard InChI is InChI=1S/C15H21ClN2O4S/c1-2-9-22-13-4-3-12(16)10-14(13)23(20,21)18-7-5-11(6-8-18)15(17)19/h3-4,10-11H,2,5-9H2,1H3,(H2,17,19).